The molecule has 0 amide bonds. The average Bonchev–Trinajstić information content (AvgIpc) is 3.14. The van der Waals surface area contributed by atoms with Crippen LogP contribution < -0.4 is 20.5 Å². The zero-order chi connectivity index (χ0) is 21.4. The number of aliphatic imine (C=N–C) groups is 1. The number of nitrogens with two attached hydrogens (primary N) is 1. The van der Waals surface area contributed by atoms with E-state index in [-0.39, 0.29) is 10.3 Å². The van der Waals surface area contributed by atoms with Crippen molar-refractivity contribution in [3.05, 3.63) is 46.8 Å². The number of rotatable bonds is 9. The molecular weight excluding hydrogens is 408 g/mol. The molecule has 160 valence electrons. The van der Waals surface area contributed by atoms with Crippen LogP contribution in [0.15, 0.2) is 45.6 Å². The molecule has 2 aromatic rings. The van der Waals surface area contributed by atoms with Gasteiger partial charge in [-0.2, -0.15) is 0 Å². The zero-order valence-electron chi connectivity index (χ0n) is 17.3. The van der Waals surface area contributed by atoms with Gasteiger partial charge < -0.3 is 15.4 Å². The van der Waals surface area contributed by atoms with Gasteiger partial charge in [0.2, 0.25) is 10.0 Å². The number of nitrogens with one attached hydrogen (secondary N) is 2. The zero-order valence-corrected chi connectivity index (χ0v) is 18.9. The lowest BCUT2D eigenvalue weighted by molar-refractivity contribution is 0.271. The molecule has 1 unspecified atom stereocenters. The second-order valence-corrected chi connectivity index (χ2v) is 10.1. The number of hydrogen-bond acceptors (Lipinski definition) is 5. The number of primary sulfonamides is 1. The highest BCUT2D eigenvalue weighted by Gasteiger charge is 2.12. The van der Waals surface area contributed by atoms with E-state index >= 15 is 0 Å². The van der Waals surface area contributed by atoms with Gasteiger partial charge in [0.25, 0.3) is 0 Å². The van der Waals surface area contributed by atoms with Crippen molar-refractivity contribution in [2.24, 2.45) is 16.0 Å². The molecule has 0 aliphatic heterocycles. The van der Waals surface area contributed by atoms with Crippen molar-refractivity contribution in [3.63, 3.8) is 0 Å². The number of sulfonamides is 1. The van der Waals surface area contributed by atoms with Crippen LogP contribution in [0.3, 0.4) is 0 Å². The number of hydrogen-bond donors (Lipinski definition) is 3. The molecule has 7 nitrogen and oxygen atoms in total. The summed E-state index contributed by atoms with van der Waals surface area (Å²) >= 11 is 1.13. The first-order chi connectivity index (χ1) is 13.7. The lowest BCUT2D eigenvalue weighted by atomic mass is 10.1. The molecule has 1 aromatic heterocycles. The summed E-state index contributed by atoms with van der Waals surface area (Å²) in [5, 5.41) is 11.7. The van der Waals surface area contributed by atoms with Crippen LogP contribution in [0.2, 0.25) is 0 Å². The summed E-state index contributed by atoms with van der Waals surface area (Å²) in [4.78, 5) is 5.38. The van der Waals surface area contributed by atoms with Crippen molar-refractivity contribution in [1.29, 1.82) is 0 Å². The molecule has 0 bridgehead atoms. The maximum absolute atomic E-state index is 11.4. The van der Waals surface area contributed by atoms with E-state index in [1.54, 1.807) is 6.07 Å². The molecule has 0 aliphatic rings. The van der Waals surface area contributed by atoms with Crippen molar-refractivity contribution in [2.45, 2.75) is 44.5 Å². The minimum atomic E-state index is -3.67. The van der Waals surface area contributed by atoms with Gasteiger partial charge in [-0.3, -0.25) is 0 Å². The maximum Gasteiger partial charge on any atom is 0.247 e. The number of ether oxygens (including phenoxy) is 1. The van der Waals surface area contributed by atoms with Gasteiger partial charge in [-0.1, -0.05) is 26.0 Å². The molecule has 0 saturated carbocycles. The van der Waals surface area contributed by atoms with Gasteiger partial charge in [-0.15, -0.1) is 11.3 Å². The van der Waals surface area contributed by atoms with E-state index in [0.29, 0.717) is 31.6 Å². The van der Waals surface area contributed by atoms with Gasteiger partial charge >= 0.3 is 0 Å². The molecule has 9 heteroatoms. The minimum absolute atomic E-state index is 0.0373. The van der Waals surface area contributed by atoms with Crippen LogP contribution in [0.4, 0.5) is 0 Å². The highest BCUT2D eigenvalue weighted by molar-refractivity contribution is 7.91. The monoisotopic (exact) mass is 438 g/mol. The second-order valence-electron chi connectivity index (χ2n) is 7.10. The number of benzene rings is 1. The third-order valence-electron chi connectivity index (χ3n) is 3.97. The van der Waals surface area contributed by atoms with Crippen LogP contribution in [0, 0.1) is 5.92 Å². The Balaban J connectivity index is 2.01. The molecule has 1 aromatic carbocycles. The molecule has 0 saturated heterocycles. The van der Waals surface area contributed by atoms with E-state index in [9.17, 15) is 8.42 Å². The van der Waals surface area contributed by atoms with E-state index < -0.39 is 10.0 Å². The van der Waals surface area contributed by atoms with Gasteiger partial charge in [0, 0.05) is 11.4 Å². The SMILES string of the molecule is CCNC(=NCc1ccc(S(N)(=O)=O)s1)NC(C)c1ccc(OCC(C)C)cc1. The summed E-state index contributed by atoms with van der Waals surface area (Å²) in [5.41, 5.74) is 1.11. The van der Waals surface area contributed by atoms with E-state index in [1.807, 2.05) is 31.2 Å². The summed E-state index contributed by atoms with van der Waals surface area (Å²) in [5.74, 6) is 2.00. The number of guanidine groups is 1. The summed E-state index contributed by atoms with van der Waals surface area (Å²) < 4.78 is 28.7. The Morgan fingerprint density at radius 2 is 1.86 bits per heavy atom. The minimum Gasteiger partial charge on any atom is -0.493 e. The Morgan fingerprint density at radius 1 is 1.17 bits per heavy atom. The molecule has 1 heterocycles. The lowest BCUT2D eigenvalue weighted by Crippen LogP contribution is -2.38. The molecule has 0 radical (unpaired) electrons. The number of thiophene rings is 1. The Hall–Kier alpha value is -2.10. The van der Waals surface area contributed by atoms with E-state index in [4.69, 9.17) is 9.88 Å². The van der Waals surface area contributed by atoms with Crippen molar-refractivity contribution < 1.29 is 13.2 Å². The largest absolute Gasteiger partial charge is 0.493 e. The summed E-state index contributed by atoms with van der Waals surface area (Å²) in [6, 6.07) is 11.3. The Labute approximate surface area is 177 Å². The molecule has 29 heavy (non-hydrogen) atoms. The fourth-order valence-corrected chi connectivity index (χ4v) is 4.18. The molecular formula is C20H30N4O3S2. The van der Waals surface area contributed by atoms with Crippen molar-refractivity contribution in [1.82, 2.24) is 10.6 Å². The first-order valence-corrected chi connectivity index (χ1v) is 11.9. The molecule has 0 fully saturated rings. The third kappa shape index (κ3) is 7.68. The van der Waals surface area contributed by atoms with Crippen molar-refractivity contribution >= 4 is 27.3 Å². The van der Waals surface area contributed by atoms with Crippen LogP contribution >= 0.6 is 11.3 Å². The van der Waals surface area contributed by atoms with Crippen molar-refractivity contribution in [3.8, 4) is 5.75 Å². The van der Waals surface area contributed by atoms with Crippen LogP contribution in [-0.4, -0.2) is 27.5 Å². The molecule has 0 spiro atoms. The highest BCUT2D eigenvalue weighted by atomic mass is 32.2. The first-order valence-electron chi connectivity index (χ1n) is 9.58. The smallest absolute Gasteiger partial charge is 0.247 e. The Bertz CT molecular complexity index is 906. The maximum atomic E-state index is 11.4. The Kier molecular flexibility index (Phi) is 8.48. The summed E-state index contributed by atoms with van der Waals surface area (Å²) in [6.07, 6.45) is 0. The van der Waals surface area contributed by atoms with Gasteiger partial charge in [0.1, 0.15) is 9.96 Å². The summed E-state index contributed by atoms with van der Waals surface area (Å²) in [7, 11) is -3.67. The standard InChI is InChI=1S/C20H30N4O3S2/c1-5-22-20(23-12-18-10-11-19(28-18)29(21,25)26)24-15(4)16-6-8-17(9-7-16)27-13-14(2)3/h6-11,14-15H,5,12-13H2,1-4H3,(H2,21,25,26)(H2,22,23,24). The molecule has 4 N–H and O–H groups in total. The van der Waals surface area contributed by atoms with Gasteiger partial charge in [-0.25, -0.2) is 18.5 Å². The Morgan fingerprint density at radius 3 is 2.41 bits per heavy atom. The third-order valence-corrected chi connectivity index (χ3v) is 6.48. The predicted octanol–water partition coefficient (Wildman–Crippen LogP) is 3.25. The van der Waals surface area contributed by atoms with Crippen LogP contribution in [-0.2, 0) is 16.6 Å². The van der Waals surface area contributed by atoms with Crippen molar-refractivity contribution in [2.75, 3.05) is 13.2 Å². The van der Waals surface area contributed by atoms with Gasteiger partial charge in [0.05, 0.1) is 19.2 Å². The van der Waals surface area contributed by atoms with Crippen LogP contribution in [0.5, 0.6) is 5.75 Å². The van der Waals surface area contributed by atoms with Gasteiger partial charge in [0.15, 0.2) is 5.96 Å². The molecule has 2 rings (SSSR count). The summed E-state index contributed by atoms with van der Waals surface area (Å²) in [6.45, 7) is 10.1. The highest BCUT2D eigenvalue weighted by Crippen LogP contribution is 2.21. The quantitative estimate of drug-likeness (QED) is 0.412. The van der Waals surface area contributed by atoms with Gasteiger partial charge in [-0.05, 0) is 49.6 Å². The molecule has 0 aliphatic carbocycles. The normalized spacial score (nSPS) is 13.4. The fraction of sp³-hybridized carbons (Fsp3) is 0.450. The predicted molar refractivity (Wildman–Crippen MR) is 119 cm³/mol. The topological polar surface area (TPSA) is 106 Å². The molecule has 1 atom stereocenters. The lowest BCUT2D eigenvalue weighted by Gasteiger charge is -2.18. The second kappa shape index (κ2) is 10.6. The van der Waals surface area contributed by atoms with E-state index in [1.165, 1.54) is 6.07 Å². The first kappa shape index (κ1) is 23.2. The fourth-order valence-electron chi connectivity index (χ4n) is 2.48. The van der Waals surface area contributed by atoms with E-state index in [2.05, 4.69) is 36.4 Å². The average molecular weight is 439 g/mol. The van der Waals surface area contributed by atoms with Crippen LogP contribution in [0.1, 0.15) is 44.2 Å². The number of nitrogens with zero attached hydrogens (tertiary/aromatic N) is 1. The van der Waals surface area contributed by atoms with Crippen LogP contribution in [0.25, 0.3) is 0 Å². The van der Waals surface area contributed by atoms with E-state index in [0.717, 1.165) is 27.5 Å².